The maximum absolute atomic E-state index is 5.91. The molecule has 0 N–H and O–H groups in total. The normalized spacial score (nSPS) is 11.5. The second-order valence-corrected chi connectivity index (χ2v) is 15.1. The van der Waals surface area contributed by atoms with E-state index in [9.17, 15) is 0 Å². The van der Waals surface area contributed by atoms with Crippen molar-refractivity contribution in [2.45, 2.75) is 96.8 Å². The summed E-state index contributed by atoms with van der Waals surface area (Å²) in [5, 5.41) is 0. The highest BCUT2D eigenvalue weighted by molar-refractivity contribution is 6.77. The van der Waals surface area contributed by atoms with Crippen LogP contribution in [-0.2, 0) is 0 Å². The molecule has 0 radical (unpaired) electrons. The number of aromatic nitrogens is 2. The summed E-state index contributed by atoms with van der Waals surface area (Å²) in [5.41, 5.74) is 0.992. The molecule has 5 heteroatoms. The highest BCUT2D eigenvalue weighted by Crippen LogP contribution is 2.22. The van der Waals surface area contributed by atoms with E-state index in [-0.39, 0.29) is 0 Å². The van der Waals surface area contributed by atoms with E-state index in [4.69, 9.17) is 9.47 Å². The number of ether oxygens (including phenoxy) is 2. The minimum absolute atomic E-state index is 0.714. The van der Waals surface area contributed by atoms with Crippen molar-refractivity contribution >= 4 is 8.07 Å². The third-order valence-electron chi connectivity index (χ3n) is 6.23. The molecular weight excluding hydrogens is 412 g/mol. The zero-order valence-corrected chi connectivity index (χ0v) is 21.9. The molecule has 1 aromatic heterocycles. The van der Waals surface area contributed by atoms with Crippen LogP contribution in [0.1, 0.15) is 71.6 Å². The smallest absolute Gasteiger partial charge is 0.159 e. The van der Waals surface area contributed by atoms with Crippen LogP contribution < -0.4 is 9.47 Å². The van der Waals surface area contributed by atoms with Crippen molar-refractivity contribution in [3.05, 3.63) is 36.7 Å². The molecule has 0 aliphatic rings. The van der Waals surface area contributed by atoms with Crippen LogP contribution in [0.4, 0.5) is 0 Å². The van der Waals surface area contributed by atoms with Gasteiger partial charge in [-0.25, -0.2) is 9.97 Å². The molecular formula is C27H44N2O2Si. The van der Waals surface area contributed by atoms with Gasteiger partial charge in [-0.3, -0.25) is 0 Å². The zero-order chi connectivity index (χ0) is 23.1. The lowest BCUT2D eigenvalue weighted by Gasteiger charge is -2.19. The molecule has 4 nitrogen and oxygen atoms in total. The van der Waals surface area contributed by atoms with E-state index in [1.807, 2.05) is 24.3 Å². The fraction of sp³-hybridized carbons (Fsp3) is 0.630. The monoisotopic (exact) mass is 456 g/mol. The van der Waals surface area contributed by atoms with E-state index in [0.29, 0.717) is 5.82 Å². The Morgan fingerprint density at radius 2 is 1.25 bits per heavy atom. The first-order chi connectivity index (χ1) is 15.5. The quantitative estimate of drug-likeness (QED) is 0.178. The predicted molar refractivity (Wildman–Crippen MR) is 138 cm³/mol. The molecule has 178 valence electrons. The molecule has 2 rings (SSSR count). The predicted octanol–water partition coefficient (Wildman–Crippen LogP) is 8.16. The van der Waals surface area contributed by atoms with Gasteiger partial charge in [0, 0.05) is 13.6 Å². The van der Waals surface area contributed by atoms with E-state index < -0.39 is 8.07 Å². The molecule has 0 spiro atoms. The molecule has 0 saturated heterocycles. The summed E-state index contributed by atoms with van der Waals surface area (Å²) in [6.07, 6.45) is 14.8. The molecule has 0 atom stereocenters. The summed E-state index contributed by atoms with van der Waals surface area (Å²) in [5.74, 6) is 2.37. The Labute approximate surface area is 197 Å². The second kappa shape index (κ2) is 15.0. The van der Waals surface area contributed by atoms with Gasteiger partial charge in [0.15, 0.2) is 11.6 Å². The molecule has 0 fully saturated rings. The van der Waals surface area contributed by atoms with Crippen LogP contribution in [0.2, 0.25) is 25.2 Å². The van der Waals surface area contributed by atoms with Gasteiger partial charge >= 0.3 is 0 Å². The minimum atomic E-state index is -0.919. The van der Waals surface area contributed by atoms with Crippen molar-refractivity contribution in [1.82, 2.24) is 9.97 Å². The van der Waals surface area contributed by atoms with Gasteiger partial charge in [-0.2, -0.15) is 0 Å². The van der Waals surface area contributed by atoms with Gasteiger partial charge in [-0.05, 0) is 37.1 Å². The van der Waals surface area contributed by atoms with Gasteiger partial charge in [-0.1, -0.05) is 84.0 Å². The number of rotatable bonds is 17. The summed E-state index contributed by atoms with van der Waals surface area (Å²) in [4.78, 5) is 8.93. The standard InChI is InChI=1S/C27H44N2O2Si/c1-5-7-8-9-10-12-20-31-26-22-28-27(29-23-26)24-15-17-25(18-16-24)30-19-13-11-14-21-32(3,4)6-2/h15-18,22-23H,5-14,19-21H2,1-4H3. The Morgan fingerprint density at radius 1 is 0.688 bits per heavy atom. The van der Waals surface area contributed by atoms with Gasteiger partial charge < -0.3 is 9.47 Å². The van der Waals surface area contributed by atoms with Gasteiger partial charge in [0.25, 0.3) is 0 Å². The summed E-state index contributed by atoms with van der Waals surface area (Å²) in [7, 11) is -0.919. The minimum Gasteiger partial charge on any atom is -0.494 e. The Balaban J connectivity index is 1.65. The molecule has 1 heterocycles. The van der Waals surface area contributed by atoms with Gasteiger partial charge in [0.1, 0.15) is 5.75 Å². The zero-order valence-electron chi connectivity index (χ0n) is 20.9. The van der Waals surface area contributed by atoms with Crippen molar-refractivity contribution < 1.29 is 9.47 Å². The molecule has 0 unspecified atom stereocenters. The van der Waals surface area contributed by atoms with Crippen LogP contribution in [0, 0.1) is 0 Å². The van der Waals surface area contributed by atoms with E-state index >= 15 is 0 Å². The molecule has 2 aromatic rings. The third-order valence-corrected chi connectivity index (χ3v) is 9.85. The first-order valence-electron chi connectivity index (χ1n) is 12.7. The Hall–Kier alpha value is -1.88. The number of benzene rings is 1. The van der Waals surface area contributed by atoms with Crippen LogP contribution in [0.25, 0.3) is 11.4 Å². The number of unbranched alkanes of at least 4 members (excludes halogenated alkanes) is 7. The van der Waals surface area contributed by atoms with Crippen molar-refractivity contribution in [2.75, 3.05) is 13.2 Å². The fourth-order valence-corrected chi connectivity index (χ4v) is 5.12. The van der Waals surface area contributed by atoms with Crippen LogP contribution >= 0.6 is 0 Å². The van der Waals surface area contributed by atoms with Gasteiger partial charge in [0.2, 0.25) is 0 Å². The van der Waals surface area contributed by atoms with Crippen molar-refractivity contribution in [1.29, 1.82) is 0 Å². The molecule has 0 amide bonds. The van der Waals surface area contributed by atoms with E-state index in [0.717, 1.165) is 43.1 Å². The lowest BCUT2D eigenvalue weighted by Crippen LogP contribution is -2.22. The Bertz CT molecular complexity index is 732. The van der Waals surface area contributed by atoms with E-state index in [2.05, 4.69) is 36.9 Å². The summed E-state index contributed by atoms with van der Waals surface area (Å²) in [6.45, 7) is 11.1. The van der Waals surface area contributed by atoms with Crippen LogP contribution in [0.15, 0.2) is 36.7 Å². The lowest BCUT2D eigenvalue weighted by molar-refractivity contribution is 0.302. The first kappa shape index (κ1) is 26.4. The molecule has 0 aliphatic heterocycles. The van der Waals surface area contributed by atoms with Gasteiger partial charge in [-0.15, -0.1) is 0 Å². The number of hydrogen-bond donors (Lipinski definition) is 0. The lowest BCUT2D eigenvalue weighted by atomic mass is 10.1. The summed E-state index contributed by atoms with van der Waals surface area (Å²) < 4.78 is 11.7. The SMILES string of the molecule is CCCCCCCCOc1cnc(-c2ccc(OCCCCC[Si](C)(C)CC)cc2)nc1. The van der Waals surface area contributed by atoms with Crippen LogP contribution in [-0.4, -0.2) is 31.3 Å². The second-order valence-electron chi connectivity index (χ2n) is 9.56. The van der Waals surface area contributed by atoms with Crippen molar-refractivity contribution in [3.63, 3.8) is 0 Å². The van der Waals surface area contributed by atoms with E-state index in [1.54, 1.807) is 12.4 Å². The topological polar surface area (TPSA) is 44.2 Å². The average Bonchev–Trinajstić information content (AvgIpc) is 2.81. The Morgan fingerprint density at radius 3 is 1.88 bits per heavy atom. The Kier molecular flexibility index (Phi) is 12.4. The highest BCUT2D eigenvalue weighted by atomic mass is 28.3. The van der Waals surface area contributed by atoms with Crippen molar-refractivity contribution in [2.24, 2.45) is 0 Å². The van der Waals surface area contributed by atoms with Gasteiger partial charge in [0.05, 0.1) is 25.6 Å². The maximum atomic E-state index is 5.91. The van der Waals surface area contributed by atoms with E-state index in [1.165, 1.54) is 57.0 Å². The first-order valence-corrected chi connectivity index (χ1v) is 16.1. The molecule has 1 aromatic carbocycles. The number of nitrogens with zero attached hydrogens (tertiary/aromatic N) is 2. The maximum Gasteiger partial charge on any atom is 0.159 e. The van der Waals surface area contributed by atoms with Crippen LogP contribution in [0.3, 0.4) is 0 Å². The fourth-order valence-electron chi connectivity index (χ4n) is 3.56. The highest BCUT2D eigenvalue weighted by Gasteiger charge is 2.16. The summed E-state index contributed by atoms with van der Waals surface area (Å²) in [6, 6.07) is 10.9. The molecule has 0 bridgehead atoms. The average molecular weight is 457 g/mol. The van der Waals surface area contributed by atoms with Crippen molar-refractivity contribution in [3.8, 4) is 22.9 Å². The molecule has 0 aliphatic carbocycles. The third kappa shape index (κ3) is 10.6. The number of hydrogen-bond acceptors (Lipinski definition) is 4. The largest absolute Gasteiger partial charge is 0.494 e. The molecule has 32 heavy (non-hydrogen) atoms. The summed E-state index contributed by atoms with van der Waals surface area (Å²) >= 11 is 0. The van der Waals surface area contributed by atoms with Crippen LogP contribution in [0.5, 0.6) is 11.5 Å². The molecule has 0 saturated carbocycles.